The van der Waals surface area contributed by atoms with Gasteiger partial charge in [-0.15, -0.1) is 0 Å². The molecular weight excluding hydrogens is 332 g/mol. The Morgan fingerprint density at radius 3 is 3.00 bits per heavy atom. The highest BCUT2D eigenvalue weighted by Gasteiger charge is 2.33. The van der Waals surface area contributed by atoms with Gasteiger partial charge in [-0.3, -0.25) is 5.32 Å². The van der Waals surface area contributed by atoms with Crippen LogP contribution in [0.2, 0.25) is 0 Å². The Morgan fingerprint density at radius 2 is 2.25 bits per heavy atom. The molecule has 0 bridgehead atoms. The van der Waals surface area contributed by atoms with Crippen molar-refractivity contribution in [3.63, 3.8) is 0 Å². The molecule has 1 aliphatic heterocycles. The molecule has 2 aromatic heterocycles. The molecule has 24 heavy (non-hydrogen) atoms. The van der Waals surface area contributed by atoms with E-state index in [4.69, 9.17) is 0 Å². The lowest BCUT2D eigenvalue weighted by Gasteiger charge is -2.19. The van der Waals surface area contributed by atoms with Gasteiger partial charge in [-0.05, 0) is 26.3 Å². The average molecular weight is 352 g/mol. The van der Waals surface area contributed by atoms with Gasteiger partial charge in [0.15, 0.2) is 11.5 Å². The van der Waals surface area contributed by atoms with Crippen LogP contribution in [-0.4, -0.2) is 58.1 Å². The summed E-state index contributed by atoms with van der Waals surface area (Å²) in [4.78, 5) is 23.4. The van der Waals surface area contributed by atoms with Gasteiger partial charge in [0.2, 0.25) is 10.0 Å². The maximum atomic E-state index is 12.1. The number of H-pyrrole nitrogens is 1. The fourth-order valence-corrected chi connectivity index (χ4v) is 3.95. The van der Waals surface area contributed by atoms with Gasteiger partial charge in [-0.1, -0.05) is 0 Å². The Labute approximate surface area is 139 Å². The molecule has 0 spiro atoms. The van der Waals surface area contributed by atoms with Gasteiger partial charge in [0.1, 0.15) is 5.52 Å². The second kappa shape index (κ2) is 6.36. The number of rotatable bonds is 4. The first-order valence-electron chi connectivity index (χ1n) is 7.73. The van der Waals surface area contributed by atoms with Gasteiger partial charge in [-0.2, -0.15) is 4.31 Å². The van der Waals surface area contributed by atoms with Gasteiger partial charge >= 0.3 is 6.03 Å². The number of urea groups is 1. The lowest BCUT2D eigenvalue weighted by atomic mass is 10.3. The van der Waals surface area contributed by atoms with Crippen molar-refractivity contribution in [3.05, 3.63) is 18.5 Å². The standard InChI is InChI=1S/C14H20N6O3S/c1-9(2)24(22,23)20-6-4-10(8-20)17-14(21)19-12-7-16-13-11(18-12)3-5-15-13/h3,5,7,9-10H,4,6,8H2,1-2H3,(H,15,16)(H2,17,18,19,21). The molecule has 2 aromatic rings. The van der Waals surface area contributed by atoms with E-state index in [0.29, 0.717) is 29.9 Å². The van der Waals surface area contributed by atoms with Gasteiger partial charge in [0.25, 0.3) is 0 Å². The Balaban J connectivity index is 1.57. The molecule has 0 saturated carbocycles. The number of sulfonamides is 1. The zero-order valence-corrected chi connectivity index (χ0v) is 14.3. The normalized spacial score (nSPS) is 19.0. The number of carbonyl (C=O) groups is 1. The fourth-order valence-electron chi connectivity index (χ4n) is 2.60. The third-order valence-electron chi connectivity index (χ3n) is 3.94. The number of carbonyl (C=O) groups excluding carboxylic acids is 1. The van der Waals surface area contributed by atoms with Crippen molar-refractivity contribution in [1.82, 2.24) is 24.6 Å². The van der Waals surface area contributed by atoms with Crippen molar-refractivity contribution >= 4 is 33.0 Å². The van der Waals surface area contributed by atoms with Crippen LogP contribution >= 0.6 is 0 Å². The summed E-state index contributed by atoms with van der Waals surface area (Å²) in [7, 11) is -3.29. The van der Waals surface area contributed by atoms with Crippen molar-refractivity contribution in [1.29, 1.82) is 0 Å². The molecule has 0 radical (unpaired) electrons. The second-order valence-electron chi connectivity index (χ2n) is 6.00. The average Bonchev–Trinajstić information content (AvgIpc) is 3.15. The van der Waals surface area contributed by atoms with Crippen molar-refractivity contribution in [2.75, 3.05) is 18.4 Å². The third kappa shape index (κ3) is 3.34. The predicted octanol–water partition coefficient (Wildman–Crippen LogP) is 0.892. The van der Waals surface area contributed by atoms with E-state index in [1.807, 2.05) is 0 Å². The quantitative estimate of drug-likeness (QED) is 0.755. The Hall–Kier alpha value is -2.20. The molecule has 130 valence electrons. The number of aromatic amines is 1. The van der Waals surface area contributed by atoms with E-state index >= 15 is 0 Å². The number of amides is 2. The van der Waals surface area contributed by atoms with E-state index in [-0.39, 0.29) is 12.6 Å². The highest BCUT2D eigenvalue weighted by atomic mass is 32.2. The van der Waals surface area contributed by atoms with Crippen LogP contribution < -0.4 is 10.6 Å². The lowest BCUT2D eigenvalue weighted by molar-refractivity contribution is 0.248. The minimum atomic E-state index is -3.29. The number of fused-ring (bicyclic) bond motifs is 1. The Kier molecular flexibility index (Phi) is 4.41. The van der Waals surface area contributed by atoms with Gasteiger partial charge in [0.05, 0.1) is 11.4 Å². The molecule has 1 fully saturated rings. The predicted molar refractivity (Wildman–Crippen MR) is 90.1 cm³/mol. The van der Waals surface area contributed by atoms with E-state index in [1.54, 1.807) is 26.1 Å². The molecule has 0 aliphatic carbocycles. The second-order valence-corrected chi connectivity index (χ2v) is 8.49. The molecule has 10 heteroatoms. The summed E-state index contributed by atoms with van der Waals surface area (Å²) in [6, 6.07) is 1.12. The molecule has 1 aliphatic rings. The smallest absolute Gasteiger partial charge is 0.320 e. The molecule has 1 unspecified atom stereocenters. The summed E-state index contributed by atoms with van der Waals surface area (Å²) >= 11 is 0. The molecule has 1 saturated heterocycles. The minimum Gasteiger partial charge on any atom is -0.345 e. The SMILES string of the molecule is CC(C)S(=O)(=O)N1CCC(NC(=O)Nc2cnc3[nH]ccc3n2)C1. The molecule has 3 rings (SSSR count). The van der Waals surface area contributed by atoms with Gasteiger partial charge in [0, 0.05) is 25.3 Å². The van der Waals surface area contributed by atoms with E-state index in [9.17, 15) is 13.2 Å². The van der Waals surface area contributed by atoms with Gasteiger partial charge in [-0.25, -0.2) is 23.2 Å². The highest BCUT2D eigenvalue weighted by Crippen LogP contribution is 2.17. The van der Waals surface area contributed by atoms with Crippen LogP contribution in [0.4, 0.5) is 10.6 Å². The van der Waals surface area contributed by atoms with E-state index in [0.717, 1.165) is 0 Å². The molecule has 9 nitrogen and oxygen atoms in total. The molecular formula is C14H20N6O3S. The summed E-state index contributed by atoms with van der Waals surface area (Å²) in [6.45, 7) is 4.01. The van der Waals surface area contributed by atoms with Crippen LogP contribution in [0, 0.1) is 0 Å². The zero-order valence-electron chi connectivity index (χ0n) is 13.5. The van der Waals surface area contributed by atoms with Crippen LogP contribution in [0.3, 0.4) is 0 Å². The summed E-state index contributed by atoms with van der Waals surface area (Å²) in [5.41, 5.74) is 1.30. The Morgan fingerprint density at radius 1 is 1.46 bits per heavy atom. The molecule has 1 atom stereocenters. The largest absolute Gasteiger partial charge is 0.345 e. The summed E-state index contributed by atoms with van der Waals surface area (Å²) in [5, 5.41) is 4.94. The number of hydrogen-bond donors (Lipinski definition) is 3. The van der Waals surface area contributed by atoms with Crippen LogP contribution in [0.5, 0.6) is 0 Å². The lowest BCUT2D eigenvalue weighted by Crippen LogP contribution is -2.41. The molecule has 3 N–H and O–H groups in total. The summed E-state index contributed by atoms with van der Waals surface area (Å²) < 4.78 is 25.7. The number of hydrogen-bond acceptors (Lipinski definition) is 5. The summed E-state index contributed by atoms with van der Waals surface area (Å²) in [5.74, 6) is 0.337. The molecule has 3 heterocycles. The van der Waals surface area contributed by atoms with Crippen LogP contribution in [-0.2, 0) is 10.0 Å². The van der Waals surface area contributed by atoms with Crippen molar-refractivity contribution in [2.45, 2.75) is 31.6 Å². The monoisotopic (exact) mass is 352 g/mol. The van der Waals surface area contributed by atoms with Crippen LogP contribution in [0.25, 0.3) is 11.2 Å². The number of anilines is 1. The number of nitrogens with one attached hydrogen (secondary N) is 3. The van der Waals surface area contributed by atoms with Crippen LogP contribution in [0.15, 0.2) is 18.5 Å². The maximum absolute atomic E-state index is 12.1. The molecule has 0 aromatic carbocycles. The highest BCUT2D eigenvalue weighted by molar-refractivity contribution is 7.89. The first-order chi connectivity index (χ1) is 11.4. The third-order valence-corrected chi connectivity index (χ3v) is 6.19. The van der Waals surface area contributed by atoms with E-state index in [1.165, 1.54) is 10.5 Å². The maximum Gasteiger partial charge on any atom is 0.320 e. The van der Waals surface area contributed by atoms with E-state index in [2.05, 4.69) is 25.6 Å². The van der Waals surface area contributed by atoms with Crippen molar-refractivity contribution in [2.24, 2.45) is 0 Å². The number of aromatic nitrogens is 3. The summed E-state index contributed by atoms with van der Waals surface area (Å²) in [6.07, 6.45) is 3.77. The van der Waals surface area contributed by atoms with E-state index < -0.39 is 21.3 Å². The van der Waals surface area contributed by atoms with Crippen molar-refractivity contribution in [3.8, 4) is 0 Å². The number of nitrogens with zero attached hydrogens (tertiary/aromatic N) is 3. The topological polar surface area (TPSA) is 120 Å². The fraction of sp³-hybridized carbons (Fsp3) is 0.500. The van der Waals surface area contributed by atoms with Gasteiger partial charge < -0.3 is 10.3 Å². The Bertz CT molecular complexity index is 847. The molecule has 2 amide bonds. The zero-order chi connectivity index (χ0) is 17.3. The van der Waals surface area contributed by atoms with Crippen molar-refractivity contribution < 1.29 is 13.2 Å². The first-order valence-corrected chi connectivity index (χ1v) is 9.23. The minimum absolute atomic E-state index is 0.220. The first kappa shape index (κ1) is 16.7. The van der Waals surface area contributed by atoms with Crippen LogP contribution in [0.1, 0.15) is 20.3 Å².